The number of nitrogens with zero attached hydrogens (tertiary/aromatic N) is 6. The highest BCUT2D eigenvalue weighted by Crippen LogP contribution is 2.36. The summed E-state index contributed by atoms with van der Waals surface area (Å²) in [6.45, 7) is 1.06. The summed E-state index contributed by atoms with van der Waals surface area (Å²) in [7, 11) is 2.55. The second-order valence-corrected chi connectivity index (χ2v) is 15.3. The van der Waals surface area contributed by atoms with Gasteiger partial charge in [-0.25, -0.2) is 24.5 Å². The summed E-state index contributed by atoms with van der Waals surface area (Å²) in [5.74, 6) is 0.845. The Kier molecular flexibility index (Phi) is 11.0. The second-order valence-electron chi connectivity index (χ2n) is 15.3. The molecule has 2 fully saturated rings. The van der Waals surface area contributed by atoms with E-state index >= 15 is 0 Å². The zero-order chi connectivity index (χ0) is 42.7. The molecule has 16 nitrogen and oxygen atoms in total. The molecule has 4 aromatic heterocycles. The largest absolute Gasteiger partial charge is 0.453 e. The Morgan fingerprint density at radius 1 is 0.645 bits per heavy atom. The monoisotopic (exact) mass is 832 g/mol. The summed E-state index contributed by atoms with van der Waals surface area (Å²) in [6.07, 6.45) is 5.17. The van der Waals surface area contributed by atoms with Crippen LogP contribution in [0.1, 0.15) is 72.5 Å². The standard InChI is InChI=1S/C46H44N10O6/c1-61-45(59)52-38(28-11-5-3-6-12-28)43(57)55-21-9-15-36(55)33-24-32-35(26-47-33)51-40(49-32)30-19-17-27(18-20-30)31-23-34-41(48-25-31)54-42(50-34)37-16-10-22-56(37)44(58)39(53-46(60)62-2)29-13-7-4-8-14-29/h3-8,11-14,17-20,23-26,36-39H,9-10,15-16,21-22H2,1-2H3,(H,49,51)(H,52,59)(H,53,60)(H,48,50,54)/t36?,37-,38+,39+/m0/s1. The topological polar surface area (TPSA) is 200 Å². The van der Waals surface area contributed by atoms with Crippen molar-refractivity contribution in [3.8, 4) is 22.5 Å². The molecule has 0 aliphatic carbocycles. The van der Waals surface area contributed by atoms with Gasteiger partial charge < -0.3 is 39.9 Å². The third-order valence-electron chi connectivity index (χ3n) is 11.6. The molecule has 9 rings (SSSR count). The van der Waals surface area contributed by atoms with Crippen LogP contribution >= 0.6 is 0 Å². The summed E-state index contributed by atoms with van der Waals surface area (Å²) in [5, 5.41) is 5.42. The highest BCUT2D eigenvalue weighted by atomic mass is 16.5. The molecule has 16 heteroatoms. The van der Waals surface area contributed by atoms with E-state index in [0.29, 0.717) is 53.4 Å². The van der Waals surface area contributed by atoms with Crippen LogP contribution in [0.4, 0.5) is 9.59 Å². The van der Waals surface area contributed by atoms with E-state index in [1.807, 2.05) is 84.9 Å². The lowest BCUT2D eigenvalue weighted by Gasteiger charge is -2.29. The number of rotatable bonds is 10. The Morgan fingerprint density at radius 3 is 1.84 bits per heavy atom. The van der Waals surface area contributed by atoms with Crippen molar-refractivity contribution in [1.29, 1.82) is 0 Å². The zero-order valence-corrected chi connectivity index (χ0v) is 34.1. The highest BCUT2D eigenvalue weighted by molar-refractivity contribution is 5.89. The first kappa shape index (κ1) is 39.8. The van der Waals surface area contributed by atoms with Crippen molar-refractivity contribution >= 4 is 46.2 Å². The molecule has 314 valence electrons. The van der Waals surface area contributed by atoms with E-state index < -0.39 is 24.3 Å². The summed E-state index contributed by atoms with van der Waals surface area (Å²) < 4.78 is 9.67. The summed E-state index contributed by atoms with van der Waals surface area (Å²) in [5.41, 5.74) is 7.55. The average Bonchev–Trinajstić information content (AvgIpc) is 4.16. The van der Waals surface area contributed by atoms with Crippen LogP contribution in [0.2, 0.25) is 0 Å². The Bertz CT molecular complexity index is 2650. The van der Waals surface area contributed by atoms with Crippen LogP contribution in [0.3, 0.4) is 0 Å². The van der Waals surface area contributed by atoms with Gasteiger partial charge in [-0.3, -0.25) is 14.6 Å². The Morgan fingerprint density at radius 2 is 1.23 bits per heavy atom. The fourth-order valence-corrected chi connectivity index (χ4v) is 8.51. The molecule has 1 unspecified atom stereocenters. The number of carbonyl (C=O) groups is 4. The normalized spacial score (nSPS) is 17.2. The number of nitrogens with one attached hydrogen (secondary N) is 4. The molecule has 4 N–H and O–H groups in total. The van der Waals surface area contributed by atoms with Crippen molar-refractivity contribution in [3.05, 3.63) is 132 Å². The molecule has 0 radical (unpaired) electrons. The maximum Gasteiger partial charge on any atom is 0.407 e. The minimum atomic E-state index is -0.909. The number of alkyl carbamates (subject to hydrolysis) is 2. The molecule has 4 amide bonds. The molecule has 4 atom stereocenters. The molecule has 0 spiro atoms. The van der Waals surface area contributed by atoms with E-state index in [2.05, 4.69) is 25.6 Å². The minimum absolute atomic E-state index is 0.227. The summed E-state index contributed by atoms with van der Waals surface area (Å²) in [4.78, 5) is 81.9. The van der Waals surface area contributed by atoms with Gasteiger partial charge in [-0.1, -0.05) is 84.9 Å². The minimum Gasteiger partial charge on any atom is -0.453 e. The Hall–Kier alpha value is -7.62. The van der Waals surface area contributed by atoms with Gasteiger partial charge in [0.15, 0.2) is 5.65 Å². The molecule has 2 aliphatic rings. The zero-order valence-electron chi connectivity index (χ0n) is 34.1. The van der Waals surface area contributed by atoms with Crippen molar-refractivity contribution in [3.63, 3.8) is 0 Å². The molecule has 62 heavy (non-hydrogen) atoms. The number of fused-ring (bicyclic) bond motifs is 2. The molecule has 2 saturated heterocycles. The average molecular weight is 833 g/mol. The third kappa shape index (κ3) is 7.89. The number of pyridine rings is 2. The Labute approximate surface area is 356 Å². The molecular weight excluding hydrogens is 789 g/mol. The molecule has 2 aliphatic heterocycles. The number of amides is 4. The number of ether oxygens (including phenoxy) is 2. The van der Waals surface area contributed by atoms with E-state index in [1.165, 1.54) is 14.2 Å². The fraction of sp³-hybridized carbons (Fsp3) is 0.261. The van der Waals surface area contributed by atoms with E-state index in [-0.39, 0.29) is 23.9 Å². The first-order chi connectivity index (χ1) is 30.3. The van der Waals surface area contributed by atoms with Gasteiger partial charge in [0.25, 0.3) is 5.91 Å². The van der Waals surface area contributed by atoms with Crippen LogP contribution in [0.25, 0.3) is 44.7 Å². The second kappa shape index (κ2) is 17.2. The van der Waals surface area contributed by atoms with Gasteiger partial charge >= 0.3 is 12.2 Å². The van der Waals surface area contributed by atoms with E-state index in [1.54, 1.807) is 34.3 Å². The fourth-order valence-electron chi connectivity index (χ4n) is 8.51. The van der Waals surface area contributed by atoms with Gasteiger partial charge in [0.2, 0.25) is 5.91 Å². The van der Waals surface area contributed by atoms with Crippen LogP contribution in [-0.4, -0.2) is 91.0 Å². The number of likely N-dealkylation sites (tertiary alicyclic amines) is 2. The number of aromatic nitrogens is 6. The third-order valence-corrected chi connectivity index (χ3v) is 11.6. The Balaban J connectivity index is 0.910. The molecular formula is C46H44N10O6. The summed E-state index contributed by atoms with van der Waals surface area (Å²) in [6, 6.07) is 27.8. The number of aromatic amines is 2. The van der Waals surface area contributed by atoms with Gasteiger partial charge in [-0.15, -0.1) is 0 Å². The predicted molar refractivity (Wildman–Crippen MR) is 229 cm³/mol. The van der Waals surface area contributed by atoms with Crippen LogP contribution in [0.5, 0.6) is 0 Å². The molecule has 0 saturated carbocycles. The van der Waals surface area contributed by atoms with Gasteiger partial charge in [-0.2, -0.15) is 0 Å². The van der Waals surface area contributed by atoms with Crippen LogP contribution in [0, 0.1) is 0 Å². The van der Waals surface area contributed by atoms with Crippen molar-refractivity contribution in [2.24, 2.45) is 0 Å². The highest BCUT2D eigenvalue weighted by Gasteiger charge is 2.38. The number of H-pyrrole nitrogens is 2. The number of carbonyl (C=O) groups excluding carboxylic acids is 4. The van der Waals surface area contributed by atoms with Gasteiger partial charge in [-0.05, 0) is 54.5 Å². The quantitative estimate of drug-likeness (QED) is 0.110. The predicted octanol–water partition coefficient (Wildman–Crippen LogP) is 7.08. The number of imidazole rings is 2. The molecule has 0 bridgehead atoms. The van der Waals surface area contributed by atoms with Crippen LogP contribution in [0.15, 0.2) is 109 Å². The smallest absolute Gasteiger partial charge is 0.407 e. The lowest BCUT2D eigenvalue weighted by molar-refractivity contribution is -0.135. The van der Waals surface area contributed by atoms with Gasteiger partial charge in [0.05, 0.1) is 49.2 Å². The molecule has 6 heterocycles. The van der Waals surface area contributed by atoms with Crippen molar-refractivity contribution in [1.82, 2.24) is 50.3 Å². The number of hydrogen-bond donors (Lipinski definition) is 4. The number of methoxy groups -OCH3 is 2. The van der Waals surface area contributed by atoms with Crippen molar-refractivity contribution < 1.29 is 28.7 Å². The lowest BCUT2D eigenvalue weighted by atomic mass is 10.0. The first-order valence-electron chi connectivity index (χ1n) is 20.5. The van der Waals surface area contributed by atoms with Crippen molar-refractivity contribution in [2.75, 3.05) is 27.3 Å². The number of benzene rings is 3. The SMILES string of the molecule is COC(=O)N[C@@H](C(=O)N1CCCC1c1cc2[nH]c(-c3ccc(-c4cnc5nc([C@@H]6CCCN6C(=O)[C@H](NC(=O)OC)c6ccccc6)[nH]c5c4)cc3)nc2cn1)c1ccccc1. The van der Waals surface area contributed by atoms with Crippen LogP contribution in [-0.2, 0) is 19.1 Å². The number of hydrogen-bond acceptors (Lipinski definition) is 10. The van der Waals surface area contributed by atoms with Crippen LogP contribution < -0.4 is 10.6 Å². The molecule has 3 aromatic carbocycles. The van der Waals surface area contributed by atoms with E-state index in [0.717, 1.165) is 52.7 Å². The summed E-state index contributed by atoms with van der Waals surface area (Å²) >= 11 is 0. The van der Waals surface area contributed by atoms with Gasteiger partial charge in [0.1, 0.15) is 29.2 Å². The first-order valence-corrected chi connectivity index (χ1v) is 20.5. The van der Waals surface area contributed by atoms with Gasteiger partial charge in [0, 0.05) is 30.4 Å². The van der Waals surface area contributed by atoms with Crippen molar-refractivity contribution in [2.45, 2.75) is 49.9 Å². The molecule has 7 aromatic rings. The maximum atomic E-state index is 14.0. The van der Waals surface area contributed by atoms with E-state index in [9.17, 15) is 19.2 Å². The van der Waals surface area contributed by atoms with E-state index in [4.69, 9.17) is 24.4 Å². The maximum absolute atomic E-state index is 14.0. The lowest BCUT2D eigenvalue weighted by Crippen LogP contribution is -2.42.